The Balaban J connectivity index is 1.62. The SMILES string of the molecule is Cc1cc(C(=O)C[NH+](C)CC(=O)NC2CC2)c(C)n1Cc1cccs1. The average Bonchev–Trinajstić information content (AvgIpc) is 3.11. The number of carbonyl (C=O) groups is 2. The number of likely N-dealkylation sites (N-methyl/N-ethyl adjacent to an activating group) is 1. The first-order chi connectivity index (χ1) is 11.9. The molecule has 2 aromatic heterocycles. The molecule has 1 aliphatic rings. The molecule has 1 fully saturated rings. The number of rotatable bonds is 8. The van der Waals surface area contributed by atoms with E-state index in [9.17, 15) is 9.59 Å². The van der Waals surface area contributed by atoms with Gasteiger partial charge in [-0.25, -0.2) is 0 Å². The highest BCUT2D eigenvalue weighted by Crippen LogP contribution is 2.19. The van der Waals surface area contributed by atoms with E-state index in [-0.39, 0.29) is 11.7 Å². The summed E-state index contributed by atoms with van der Waals surface area (Å²) >= 11 is 1.73. The number of Topliss-reactive ketones (excluding diaryl/α,β-unsaturated/α-hetero) is 1. The van der Waals surface area contributed by atoms with Crippen molar-refractivity contribution in [2.24, 2.45) is 0 Å². The molecule has 0 spiro atoms. The molecule has 0 saturated heterocycles. The number of aryl methyl sites for hydroxylation is 1. The largest absolute Gasteiger partial charge is 0.348 e. The van der Waals surface area contributed by atoms with Gasteiger partial charge in [-0.3, -0.25) is 9.59 Å². The highest BCUT2D eigenvalue weighted by atomic mass is 32.1. The normalized spacial score (nSPS) is 15.2. The maximum atomic E-state index is 12.7. The molecule has 0 radical (unpaired) electrons. The summed E-state index contributed by atoms with van der Waals surface area (Å²) in [6.07, 6.45) is 2.17. The third-order valence-corrected chi connectivity index (χ3v) is 5.50. The van der Waals surface area contributed by atoms with Crippen LogP contribution >= 0.6 is 11.3 Å². The zero-order valence-electron chi connectivity index (χ0n) is 15.1. The zero-order valence-corrected chi connectivity index (χ0v) is 15.9. The molecule has 1 amide bonds. The first-order valence-corrected chi connectivity index (χ1v) is 9.65. The van der Waals surface area contributed by atoms with Crippen molar-refractivity contribution < 1.29 is 14.5 Å². The van der Waals surface area contributed by atoms with Gasteiger partial charge in [0.05, 0.1) is 13.6 Å². The van der Waals surface area contributed by atoms with Gasteiger partial charge < -0.3 is 14.8 Å². The van der Waals surface area contributed by atoms with Crippen LogP contribution in [0.4, 0.5) is 0 Å². The van der Waals surface area contributed by atoms with Gasteiger partial charge in [0, 0.05) is 27.9 Å². The van der Waals surface area contributed by atoms with Crippen LogP contribution in [0.15, 0.2) is 23.6 Å². The van der Waals surface area contributed by atoms with E-state index in [1.165, 1.54) is 4.88 Å². The summed E-state index contributed by atoms with van der Waals surface area (Å²) in [4.78, 5) is 26.8. The molecule has 1 unspecified atom stereocenters. The minimum absolute atomic E-state index is 0.0379. The Labute approximate surface area is 152 Å². The van der Waals surface area contributed by atoms with Crippen molar-refractivity contribution in [1.82, 2.24) is 9.88 Å². The van der Waals surface area contributed by atoms with Crippen LogP contribution in [0.5, 0.6) is 0 Å². The Morgan fingerprint density at radius 1 is 1.32 bits per heavy atom. The van der Waals surface area contributed by atoms with Crippen molar-refractivity contribution in [2.45, 2.75) is 39.3 Å². The molecule has 3 rings (SSSR count). The molecule has 25 heavy (non-hydrogen) atoms. The van der Waals surface area contributed by atoms with E-state index in [1.54, 1.807) is 11.3 Å². The Kier molecular flexibility index (Phi) is 5.39. The number of amides is 1. The molecule has 2 aromatic rings. The summed E-state index contributed by atoms with van der Waals surface area (Å²) in [6, 6.07) is 6.50. The lowest BCUT2D eigenvalue weighted by molar-refractivity contribution is -0.862. The van der Waals surface area contributed by atoms with Crippen molar-refractivity contribution >= 4 is 23.0 Å². The third-order valence-electron chi connectivity index (χ3n) is 4.64. The molecular formula is C19H26N3O2S+. The van der Waals surface area contributed by atoms with Crippen LogP contribution in [0, 0.1) is 13.8 Å². The van der Waals surface area contributed by atoms with Gasteiger partial charge in [0.25, 0.3) is 5.91 Å². The lowest BCUT2D eigenvalue weighted by Gasteiger charge is -2.13. The van der Waals surface area contributed by atoms with Crippen LogP contribution < -0.4 is 10.2 Å². The summed E-state index contributed by atoms with van der Waals surface area (Å²) in [5.74, 6) is 0.137. The fourth-order valence-corrected chi connectivity index (χ4v) is 3.79. The van der Waals surface area contributed by atoms with Gasteiger partial charge in [-0.2, -0.15) is 0 Å². The monoisotopic (exact) mass is 360 g/mol. The number of nitrogens with zero attached hydrogens (tertiary/aromatic N) is 1. The van der Waals surface area contributed by atoms with Crippen LogP contribution in [0.3, 0.4) is 0 Å². The summed E-state index contributed by atoms with van der Waals surface area (Å²) in [6.45, 7) is 5.52. The summed E-state index contributed by atoms with van der Waals surface area (Å²) in [5.41, 5.74) is 2.88. The lowest BCUT2D eigenvalue weighted by Crippen LogP contribution is -3.11. The van der Waals surface area contributed by atoms with Crippen molar-refractivity contribution in [3.63, 3.8) is 0 Å². The Hall–Kier alpha value is -1.92. The molecule has 2 heterocycles. The molecule has 2 N–H and O–H groups in total. The van der Waals surface area contributed by atoms with Gasteiger partial charge >= 0.3 is 0 Å². The number of hydrogen-bond acceptors (Lipinski definition) is 3. The van der Waals surface area contributed by atoms with E-state index in [2.05, 4.69) is 21.3 Å². The van der Waals surface area contributed by atoms with Crippen LogP contribution in [0.25, 0.3) is 0 Å². The summed E-state index contributed by atoms with van der Waals surface area (Å²) < 4.78 is 2.19. The molecule has 1 atom stereocenters. The molecule has 0 aliphatic heterocycles. The predicted octanol–water partition coefficient (Wildman–Crippen LogP) is 1.19. The van der Waals surface area contributed by atoms with E-state index in [0.29, 0.717) is 19.1 Å². The zero-order chi connectivity index (χ0) is 18.0. The van der Waals surface area contributed by atoms with Crippen molar-refractivity contribution in [3.05, 3.63) is 45.4 Å². The fourth-order valence-electron chi connectivity index (χ4n) is 3.10. The molecule has 134 valence electrons. The molecular weight excluding hydrogens is 334 g/mol. The number of hydrogen-bond donors (Lipinski definition) is 2. The Morgan fingerprint density at radius 2 is 2.08 bits per heavy atom. The average molecular weight is 361 g/mol. The van der Waals surface area contributed by atoms with Gasteiger partial charge in [0.1, 0.15) is 6.54 Å². The summed E-state index contributed by atoms with van der Waals surface area (Å²) in [7, 11) is 1.90. The first-order valence-electron chi connectivity index (χ1n) is 8.77. The number of carbonyl (C=O) groups excluding carboxylic acids is 2. The molecule has 0 aromatic carbocycles. The van der Waals surface area contributed by atoms with Gasteiger partial charge in [0.2, 0.25) is 5.78 Å². The molecule has 5 nitrogen and oxygen atoms in total. The van der Waals surface area contributed by atoms with Crippen LogP contribution in [0.2, 0.25) is 0 Å². The van der Waals surface area contributed by atoms with Crippen LogP contribution in [-0.4, -0.2) is 42.4 Å². The Morgan fingerprint density at radius 3 is 2.72 bits per heavy atom. The van der Waals surface area contributed by atoms with Crippen molar-refractivity contribution in [3.8, 4) is 0 Å². The molecule has 0 bridgehead atoms. The van der Waals surface area contributed by atoms with E-state index >= 15 is 0 Å². The van der Waals surface area contributed by atoms with Crippen LogP contribution in [0.1, 0.15) is 39.5 Å². The first kappa shape index (κ1) is 17.9. The number of nitrogens with one attached hydrogen (secondary N) is 2. The quantitative estimate of drug-likeness (QED) is 0.695. The van der Waals surface area contributed by atoms with E-state index < -0.39 is 0 Å². The Bertz CT molecular complexity index is 760. The number of thiophene rings is 1. The third kappa shape index (κ3) is 4.58. The number of ketones is 1. The van der Waals surface area contributed by atoms with E-state index in [1.807, 2.05) is 33.0 Å². The number of aromatic nitrogens is 1. The highest BCUT2D eigenvalue weighted by molar-refractivity contribution is 7.09. The second kappa shape index (κ2) is 7.54. The minimum atomic E-state index is 0.0379. The molecule has 6 heteroatoms. The minimum Gasteiger partial charge on any atom is -0.348 e. The maximum Gasteiger partial charge on any atom is 0.275 e. The van der Waals surface area contributed by atoms with Crippen molar-refractivity contribution in [2.75, 3.05) is 20.1 Å². The second-order valence-corrected chi connectivity index (χ2v) is 8.06. The van der Waals surface area contributed by atoms with Gasteiger partial charge in [-0.15, -0.1) is 11.3 Å². The smallest absolute Gasteiger partial charge is 0.275 e. The molecule has 1 aliphatic carbocycles. The van der Waals surface area contributed by atoms with E-state index in [0.717, 1.165) is 41.2 Å². The topological polar surface area (TPSA) is 55.5 Å². The van der Waals surface area contributed by atoms with Gasteiger partial charge in [-0.05, 0) is 44.2 Å². The van der Waals surface area contributed by atoms with E-state index in [4.69, 9.17) is 0 Å². The molecule has 1 saturated carbocycles. The summed E-state index contributed by atoms with van der Waals surface area (Å²) in [5, 5.41) is 5.04. The highest BCUT2D eigenvalue weighted by Gasteiger charge is 2.25. The van der Waals surface area contributed by atoms with Gasteiger partial charge in [-0.1, -0.05) is 6.07 Å². The lowest BCUT2D eigenvalue weighted by atomic mass is 10.1. The van der Waals surface area contributed by atoms with Crippen molar-refractivity contribution in [1.29, 1.82) is 0 Å². The maximum absolute atomic E-state index is 12.7. The predicted molar refractivity (Wildman–Crippen MR) is 99.4 cm³/mol. The standard InChI is InChI=1S/C19H25N3O2S/c1-13-9-17(14(2)22(13)10-16-5-4-8-25-16)18(23)11-21(3)12-19(24)20-15-6-7-15/h4-5,8-9,15H,6-7,10-12H2,1-3H3,(H,20,24)/p+1. The fraction of sp³-hybridized carbons (Fsp3) is 0.474. The van der Waals surface area contributed by atoms with Crippen LogP contribution in [-0.2, 0) is 11.3 Å². The second-order valence-electron chi connectivity index (χ2n) is 7.03. The van der Waals surface area contributed by atoms with Gasteiger partial charge in [0.15, 0.2) is 6.54 Å². The number of quaternary nitrogens is 1.